The molecule has 0 aromatic heterocycles. The van der Waals surface area contributed by atoms with Crippen LogP contribution in [0.15, 0.2) is 18.2 Å². The van der Waals surface area contributed by atoms with Gasteiger partial charge in [0.2, 0.25) is 0 Å². The summed E-state index contributed by atoms with van der Waals surface area (Å²) in [6.45, 7) is 2.85. The predicted octanol–water partition coefficient (Wildman–Crippen LogP) is 2.70. The predicted molar refractivity (Wildman–Crippen MR) is 66.4 cm³/mol. The highest BCUT2D eigenvalue weighted by molar-refractivity contribution is 5.29. The van der Waals surface area contributed by atoms with E-state index in [0.29, 0.717) is 5.56 Å². The Bertz CT molecular complexity index is 372. The molecule has 1 aliphatic heterocycles. The molecule has 3 heteroatoms. The lowest BCUT2D eigenvalue weighted by Crippen LogP contribution is -2.34. The Hall–Kier alpha value is -0.930. The molecule has 1 aromatic carbocycles. The van der Waals surface area contributed by atoms with Crippen LogP contribution in [0.25, 0.3) is 0 Å². The number of hydrogen-bond acceptors (Lipinski definition) is 2. The van der Waals surface area contributed by atoms with Crippen LogP contribution in [0.5, 0.6) is 0 Å². The number of aryl methyl sites for hydroxylation is 1. The van der Waals surface area contributed by atoms with E-state index < -0.39 is 6.10 Å². The lowest BCUT2D eigenvalue weighted by Gasteiger charge is -2.24. The molecule has 2 unspecified atom stereocenters. The van der Waals surface area contributed by atoms with Crippen LogP contribution >= 0.6 is 0 Å². The molecule has 1 heterocycles. The Morgan fingerprint density at radius 3 is 3.00 bits per heavy atom. The van der Waals surface area contributed by atoms with Gasteiger partial charge >= 0.3 is 0 Å². The van der Waals surface area contributed by atoms with E-state index in [1.807, 2.05) is 6.92 Å². The number of benzene rings is 1. The molecule has 1 aromatic rings. The van der Waals surface area contributed by atoms with Gasteiger partial charge in [-0.25, -0.2) is 4.39 Å². The molecule has 0 aliphatic carbocycles. The van der Waals surface area contributed by atoms with E-state index in [-0.39, 0.29) is 11.9 Å². The summed E-state index contributed by atoms with van der Waals surface area (Å²) in [5.74, 6) is -0.279. The fraction of sp³-hybridized carbons (Fsp3) is 0.571. The van der Waals surface area contributed by atoms with Crippen LogP contribution in [0.1, 0.15) is 42.9 Å². The monoisotopic (exact) mass is 237 g/mol. The molecule has 2 atom stereocenters. The lowest BCUT2D eigenvalue weighted by molar-refractivity contribution is 0.125. The highest BCUT2D eigenvalue weighted by Crippen LogP contribution is 2.25. The molecule has 2 nitrogen and oxygen atoms in total. The van der Waals surface area contributed by atoms with Gasteiger partial charge in [0.25, 0.3) is 0 Å². The number of aliphatic hydroxyl groups excluding tert-OH is 1. The average molecular weight is 237 g/mol. The van der Waals surface area contributed by atoms with Gasteiger partial charge in [0.15, 0.2) is 0 Å². The van der Waals surface area contributed by atoms with Gasteiger partial charge < -0.3 is 10.4 Å². The van der Waals surface area contributed by atoms with Gasteiger partial charge in [-0.2, -0.15) is 0 Å². The summed E-state index contributed by atoms with van der Waals surface area (Å²) in [6.07, 6.45) is 3.84. The molecule has 1 fully saturated rings. The summed E-state index contributed by atoms with van der Waals surface area (Å²) < 4.78 is 13.2. The number of halogens is 1. The van der Waals surface area contributed by atoms with Crippen molar-refractivity contribution in [3.63, 3.8) is 0 Å². The van der Waals surface area contributed by atoms with Gasteiger partial charge in [-0.05, 0) is 49.6 Å². The third kappa shape index (κ3) is 3.05. The summed E-state index contributed by atoms with van der Waals surface area (Å²) in [5, 5.41) is 13.7. The Labute approximate surface area is 102 Å². The molecule has 1 saturated heterocycles. The smallest absolute Gasteiger partial charge is 0.123 e. The number of hydrogen-bond donors (Lipinski definition) is 2. The molecule has 0 radical (unpaired) electrons. The Morgan fingerprint density at radius 1 is 1.35 bits per heavy atom. The first kappa shape index (κ1) is 12.5. The molecule has 2 N–H and O–H groups in total. The van der Waals surface area contributed by atoms with Gasteiger partial charge in [-0.15, -0.1) is 0 Å². The van der Waals surface area contributed by atoms with E-state index in [0.717, 1.165) is 31.4 Å². The summed E-state index contributed by atoms with van der Waals surface area (Å²) >= 11 is 0. The van der Waals surface area contributed by atoms with Crippen LogP contribution in [-0.4, -0.2) is 17.7 Å². The molecule has 94 valence electrons. The lowest BCUT2D eigenvalue weighted by atomic mass is 9.95. The zero-order valence-corrected chi connectivity index (χ0v) is 10.2. The quantitative estimate of drug-likeness (QED) is 0.829. The SMILES string of the molecule is Cc1ccc(F)cc1C(O)C1CCCCCN1. The van der Waals surface area contributed by atoms with Crippen LogP contribution in [0, 0.1) is 12.7 Å². The van der Waals surface area contributed by atoms with Crippen molar-refractivity contribution < 1.29 is 9.50 Å². The van der Waals surface area contributed by atoms with Gasteiger partial charge in [-0.1, -0.05) is 18.9 Å². The molecule has 0 amide bonds. The first-order valence-corrected chi connectivity index (χ1v) is 6.36. The topological polar surface area (TPSA) is 32.3 Å². The van der Waals surface area contributed by atoms with Crippen LogP contribution in [0.3, 0.4) is 0 Å². The highest BCUT2D eigenvalue weighted by atomic mass is 19.1. The fourth-order valence-electron chi connectivity index (χ4n) is 2.47. The van der Waals surface area contributed by atoms with Crippen molar-refractivity contribution >= 4 is 0 Å². The molecule has 1 aliphatic rings. The number of rotatable bonds is 2. The van der Waals surface area contributed by atoms with Crippen LogP contribution in [-0.2, 0) is 0 Å². The van der Waals surface area contributed by atoms with E-state index >= 15 is 0 Å². The van der Waals surface area contributed by atoms with E-state index in [9.17, 15) is 9.50 Å². The zero-order valence-electron chi connectivity index (χ0n) is 10.2. The Morgan fingerprint density at radius 2 is 2.18 bits per heavy atom. The van der Waals surface area contributed by atoms with Crippen molar-refractivity contribution in [2.45, 2.75) is 44.8 Å². The second kappa shape index (κ2) is 5.61. The van der Waals surface area contributed by atoms with E-state index in [2.05, 4.69) is 5.32 Å². The normalized spacial score (nSPS) is 23.1. The van der Waals surface area contributed by atoms with Crippen LogP contribution in [0.2, 0.25) is 0 Å². The van der Waals surface area contributed by atoms with E-state index in [4.69, 9.17) is 0 Å². The number of nitrogens with one attached hydrogen (secondary N) is 1. The average Bonchev–Trinajstić information content (AvgIpc) is 2.60. The Kier molecular flexibility index (Phi) is 4.13. The fourth-order valence-corrected chi connectivity index (χ4v) is 2.47. The molecular formula is C14H20FNO. The van der Waals surface area contributed by atoms with Gasteiger partial charge in [0.1, 0.15) is 5.82 Å². The van der Waals surface area contributed by atoms with Crippen molar-refractivity contribution in [3.05, 3.63) is 35.1 Å². The van der Waals surface area contributed by atoms with Crippen molar-refractivity contribution in [1.82, 2.24) is 5.32 Å². The third-order valence-corrected chi connectivity index (χ3v) is 3.54. The highest BCUT2D eigenvalue weighted by Gasteiger charge is 2.23. The van der Waals surface area contributed by atoms with Gasteiger partial charge in [0, 0.05) is 6.04 Å². The summed E-state index contributed by atoms with van der Waals surface area (Å²) in [7, 11) is 0. The molecule has 17 heavy (non-hydrogen) atoms. The molecule has 0 bridgehead atoms. The van der Waals surface area contributed by atoms with Gasteiger partial charge in [0.05, 0.1) is 6.10 Å². The van der Waals surface area contributed by atoms with Crippen LogP contribution < -0.4 is 5.32 Å². The molecule has 2 rings (SSSR count). The van der Waals surface area contributed by atoms with Crippen LogP contribution in [0.4, 0.5) is 4.39 Å². The minimum absolute atomic E-state index is 0.0537. The van der Waals surface area contributed by atoms with Gasteiger partial charge in [-0.3, -0.25) is 0 Å². The summed E-state index contributed by atoms with van der Waals surface area (Å²) in [4.78, 5) is 0. The minimum atomic E-state index is -0.608. The molecule has 0 spiro atoms. The first-order chi connectivity index (χ1) is 8.18. The maximum Gasteiger partial charge on any atom is 0.123 e. The largest absolute Gasteiger partial charge is 0.387 e. The molecular weight excluding hydrogens is 217 g/mol. The zero-order chi connectivity index (χ0) is 12.3. The second-order valence-corrected chi connectivity index (χ2v) is 4.86. The third-order valence-electron chi connectivity index (χ3n) is 3.54. The maximum absolute atomic E-state index is 13.2. The van der Waals surface area contributed by atoms with Crippen molar-refractivity contribution in [2.24, 2.45) is 0 Å². The summed E-state index contributed by atoms with van der Waals surface area (Å²) in [6, 6.07) is 4.67. The van der Waals surface area contributed by atoms with Crippen molar-refractivity contribution in [3.8, 4) is 0 Å². The second-order valence-electron chi connectivity index (χ2n) is 4.86. The van der Waals surface area contributed by atoms with E-state index in [1.54, 1.807) is 6.07 Å². The Balaban J connectivity index is 2.16. The number of aliphatic hydroxyl groups is 1. The summed E-state index contributed by atoms with van der Waals surface area (Å²) in [5.41, 5.74) is 1.66. The van der Waals surface area contributed by atoms with E-state index in [1.165, 1.54) is 18.6 Å². The van der Waals surface area contributed by atoms with Crippen molar-refractivity contribution in [1.29, 1.82) is 0 Å². The first-order valence-electron chi connectivity index (χ1n) is 6.36. The standard InChI is InChI=1S/C14H20FNO/c1-10-6-7-11(15)9-12(10)14(17)13-5-3-2-4-8-16-13/h6-7,9,13-14,16-17H,2-5,8H2,1H3. The maximum atomic E-state index is 13.2. The minimum Gasteiger partial charge on any atom is -0.387 e. The molecule has 0 saturated carbocycles. The van der Waals surface area contributed by atoms with Crippen molar-refractivity contribution in [2.75, 3.05) is 6.54 Å².